The molecule has 0 fully saturated rings. The highest BCUT2D eigenvalue weighted by Gasteiger charge is 2.36. The van der Waals surface area contributed by atoms with Crippen LogP contribution in [0, 0.1) is 6.92 Å². The number of benzene rings is 3. The van der Waals surface area contributed by atoms with Crippen LogP contribution in [0.3, 0.4) is 0 Å². The smallest absolute Gasteiger partial charge is 0.408 e. The number of nitrogens with one attached hydrogen (secondary N) is 2. The molecule has 0 radical (unpaired) electrons. The van der Waals surface area contributed by atoms with Gasteiger partial charge in [-0.2, -0.15) is 0 Å². The summed E-state index contributed by atoms with van der Waals surface area (Å²) in [6.45, 7) is 11.8. The third-order valence-corrected chi connectivity index (χ3v) is 7.22. The number of hydrogen-bond acceptors (Lipinski definition) is 4. The van der Waals surface area contributed by atoms with Gasteiger partial charge in [-0.1, -0.05) is 99.5 Å². The number of hydrogen-bond donors (Lipinski definition) is 2. The van der Waals surface area contributed by atoms with Gasteiger partial charge in [0.15, 0.2) is 0 Å². The maximum atomic E-state index is 14.6. The fourth-order valence-electron chi connectivity index (χ4n) is 4.92. The molecule has 7 nitrogen and oxygen atoms in total. The van der Waals surface area contributed by atoms with Gasteiger partial charge in [-0.25, -0.2) is 4.79 Å². The van der Waals surface area contributed by atoms with E-state index in [1.807, 2.05) is 85.8 Å². The molecule has 0 aliphatic heterocycles. The van der Waals surface area contributed by atoms with E-state index < -0.39 is 23.8 Å². The normalized spacial score (nSPS) is 12.6. The maximum absolute atomic E-state index is 14.6. The third-order valence-electron chi connectivity index (χ3n) is 7.22. The molecule has 0 aromatic heterocycles. The molecule has 3 aromatic carbocycles. The molecule has 43 heavy (non-hydrogen) atoms. The summed E-state index contributed by atoms with van der Waals surface area (Å²) in [5, 5.41) is 5.91. The van der Waals surface area contributed by atoms with Crippen LogP contribution in [0.2, 0.25) is 0 Å². The van der Waals surface area contributed by atoms with Crippen molar-refractivity contribution in [2.45, 2.75) is 91.3 Å². The number of unbranched alkanes of at least 4 members (excludes halogenated alkanes) is 2. The van der Waals surface area contributed by atoms with Gasteiger partial charge < -0.3 is 20.3 Å². The lowest BCUT2D eigenvalue weighted by Crippen LogP contribution is -2.53. The minimum atomic E-state index is -0.942. The molecular formula is C36H47N3O4. The molecule has 3 aromatic rings. The van der Waals surface area contributed by atoms with E-state index in [2.05, 4.69) is 24.5 Å². The molecule has 0 aliphatic rings. The third kappa shape index (κ3) is 10.3. The van der Waals surface area contributed by atoms with Gasteiger partial charge in [0.05, 0.1) is 0 Å². The number of carbonyl (C=O) groups is 3. The summed E-state index contributed by atoms with van der Waals surface area (Å²) in [5.41, 5.74) is 3.62. The summed E-state index contributed by atoms with van der Waals surface area (Å²) in [4.78, 5) is 43.4. The second kappa shape index (κ2) is 15.9. The van der Waals surface area contributed by atoms with Crippen molar-refractivity contribution in [3.05, 3.63) is 101 Å². The molecule has 2 unspecified atom stereocenters. The summed E-state index contributed by atoms with van der Waals surface area (Å²) >= 11 is 0. The number of aryl methyl sites for hydroxylation is 2. The van der Waals surface area contributed by atoms with Crippen molar-refractivity contribution in [1.29, 1.82) is 0 Å². The van der Waals surface area contributed by atoms with Crippen LogP contribution in [0.1, 0.15) is 82.2 Å². The van der Waals surface area contributed by atoms with Gasteiger partial charge >= 0.3 is 6.09 Å². The fraction of sp³-hybridized carbons (Fsp3) is 0.417. The summed E-state index contributed by atoms with van der Waals surface area (Å²) in [7, 11) is 0. The topological polar surface area (TPSA) is 87.7 Å². The molecule has 0 bridgehead atoms. The Morgan fingerprint density at radius 1 is 0.837 bits per heavy atom. The Hall–Kier alpha value is -4.13. The lowest BCUT2D eigenvalue weighted by molar-refractivity contribution is -0.140. The summed E-state index contributed by atoms with van der Waals surface area (Å²) in [5.74, 6) is -0.644. The average Bonchev–Trinajstić information content (AvgIpc) is 2.97. The Morgan fingerprint density at radius 2 is 1.49 bits per heavy atom. The number of anilines is 1. The van der Waals surface area contributed by atoms with Gasteiger partial charge in [-0.15, -0.1) is 0 Å². The van der Waals surface area contributed by atoms with Crippen LogP contribution < -0.4 is 10.6 Å². The highest BCUT2D eigenvalue weighted by molar-refractivity contribution is 5.99. The van der Waals surface area contributed by atoms with Crippen molar-refractivity contribution in [1.82, 2.24) is 10.2 Å². The molecule has 2 N–H and O–H groups in total. The second-order valence-corrected chi connectivity index (χ2v) is 11.9. The second-order valence-electron chi connectivity index (χ2n) is 11.9. The van der Waals surface area contributed by atoms with E-state index >= 15 is 0 Å². The van der Waals surface area contributed by atoms with Crippen molar-refractivity contribution < 1.29 is 19.1 Å². The van der Waals surface area contributed by atoms with Crippen LogP contribution in [0.4, 0.5) is 10.5 Å². The Kier molecular flexibility index (Phi) is 12.4. The van der Waals surface area contributed by atoms with E-state index in [0.29, 0.717) is 24.2 Å². The predicted molar refractivity (Wildman–Crippen MR) is 173 cm³/mol. The summed E-state index contributed by atoms with van der Waals surface area (Å²) in [6, 6.07) is 23.1. The molecule has 0 saturated heterocycles. The Labute approximate surface area is 257 Å². The first-order valence-electron chi connectivity index (χ1n) is 15.3. The molecule has 2 atom stereocenters. The maximum Gasteiger partial charge on any atom is 0.408 e. The fourth-order valence-corrected chi connectivity index (χ4v) is 4.92. The molecule has 0 saturated carbocycles. The molecule has 7 heteroatoms. The van der Waals surface area contributed by atoms with Crippen LogP contribution in [-0.4, -0.2) is 41.0 Å². The van der Waals surface area contributed by atoms with Gasteiger partial charge in [-0.3, -0.25) is 9.59 Å². The highest BCUT2D eigenvalue weighted by Crippen LogP contribution is 2.27. The van der Waals surface area contributed by atoms with E-state index in [4.69, 9.17) is 4.74 Å². The van der Waals surface area contributed by atoms with Crippen LogP contribution >= 0.6 is 0 Å². The Morgan fingerprint density at radius 3 is 2.09 bits per heavy atom. The van der Waals surface area contributed by atoms with Crippen molar-refractivity contribution in [2.75, 3.05) is 11.9 Å². The number of nitrogens with zero attached hydrogens (tertiary/aromatic N) is 1. The zero-order valence-corrected chi connectivity index (χ0v) is 26.5. The van der Waals surface area contributed by atoms with Gasteiger partial charge in [0, 0.05) is 18.7 Å². The zero-order valence-electron chi connectivity index (χ0n) is 26.5. The van der Waals surface area contributed by atoms with E-state index in [1.165, 1.54) is 0 Å². The Bertz CT molecular complexity index is 1330. The summed E-state index contributed by atoms with van der Waals surface area (Å²) in [6.07, 6.45) is 3.00. The number of rotatable bonds is 13. The molecule has 3 amide bonds. The van der Waals surface area contributed by atoms with Gasteiger partial charge in [-0.05, 0) is 68.9 Å². The number of ether oxygens (including phenoxy) is 1. The van der Waals surface area contributed by atoms with Crippen molar-refractivity contribution in [3.8, 4) is 0 Å². The number of alkyl carbamates (subject to hydrolysis) is 1. The van der Waals surface area contributed by atoms with E-state index in [9.17, 15) is 14.4 Å². The first kappa shape index (κ1) is 33.4. The number of amides is 3. The van der Waals surface area contributed by atoms with E-state index in [1.54, 1.807) is 25.7 Å². The minimum absolute atomic E-state index is 0.254. The van der Waals surface area contributed by atoms with Crippen molar-refractivity contribution in [3.63, 3.8) is 0 Å². The number of carbonyl (C=O) groups excluding carboxylic acids is 3. The van der Waals surface area contributed by atoms with Crippen LogP contribution in [0.15, 0.2) is 78.9 Å². The average molecular weight is 586 g/mol. The van der Waals surface area contributed by atoms with Crippen molar-refractivity contribution in [2.24, 2.45) is 0 Å². The zero-order chi connectivity index (χ0) is 31.4. The first-order valence-corrected chi connectivity index (χ1v) is 15.3. The molecular weight excluding hydrogens is 538 g/mol. The highest BCUT2D eigenvalue weighted by atomic mass is 16.6. The monoisotopic (exact) mass is 585 g/mol. The molecule has 0 heterocycles. The molecule has 0 spiro atoms. The largest absolute Gasteiger partial charge is 0.444 e. The summed E-state index contributed by atoms with van der Waals surface area (Å²) < 4.78 is 5.54. The van der Waals surface area contributed by atoms with Gasteiger partial charge in [0.2, 0.25) is 5.91 Å². The molecule has 230 valence electrons. The quantitative estimate of drug-likeness (QED) is 0.205. The van der Waals surface area contributed by atoms with E-state index in [-0.39, 0.29) is 18.2 Å². The van der Waals surface area contributed by atoms with Crippen LogP contribution in [-0.2, 0) is 27.2 Å². The standard InChI is InChI=1S/C36H47N3O4/c1-7-9-15-24-39(34(41)31(25-28-17-11-10-12-18-28)38-35(42)43-36(4,5)6)32(29-22-20-27(8-2)21-23-29)33(40)37-30-19-14-13-16-26(30)3/h10-14,16-23,31-32H,7-9,15,24-25H2,1-6H3,(H,37,40)(H,38,42). The lowest BCUT2D eigenvalue weighted by atomic mass is 9.98. The molecule has 3 rings (SSSR count). The predicted octanol–water partition coefficient (Wildman–Crippen LogP) is 7.39. The van der Waals surface area contributed by atoms with Gasteiger partial charge in [0.25, 0.3) is 5.91 Å². The van der Waals surface area contributed by atoms with Crippen LogP contribution in [0.5, 0.6) is 0 Å². The molecule has 0 aliphatic carbocycles. The van der Waals surface area contributed by atoms with Crippen LogP contribution in [0.25, 0.3) is 0 Å². The lowest BCUT2D eigenvalue weighted by Gasteiger charge is -2.35. The minimum Gasteiger partial charge on any atom is -0.444 e. The SMILES string of the molecule is CCCCCN(C(=O)C(Cc1ccccc1)NC(=O)OC(C)(C)C)C(C(=O)Nc1ccccc1C)c1ccc(CC)cc1. The van der Waals surface area contributed by atoms with Gasteiger partial charge in [0.1, 0.15) is 17.7 Å². The van der Waals surface area contributed by atoms with Crippen molar-refractivity contribution >= 4 is 23.6 Å². The Balaban J connectivity index is 2.07. The van der Waals surface area contributed by atoms with E-state index in [0.717, 1.165) is 36.0 Å². The number of para-hydroxylation sites is 1. The first-order chi connectivity index (χ1) is 20.5.